The fourth-order valence-electron chi connectivity index (χ4n) is 3.63. The molecule has 0 aliphatic heterocycles. The standard InChI is InChI=1S/C22H24ClNO2/c1-6-7-16-21(17-11-15(23)8-9-19(17)26-5)20-14(4)13(3)12(2)10-18(20)24-22(16)25/h8-11H,6-7H2,1-5H3,(H,24,25). The van der Waals surface area contributed by atoms with E-state index >= 15 is 0 Å². The third kappa shape index (κ3) is 3.01. The van der Waals surface area contributed by atoms with Crippen LogP contribution in [0.15, 0.2) is 29.1 Å². The molecule has 3 aromatic rings. The van der Waals surface area contributed by atoms with Crippen molar-refractivity contribution < 1.29 is 4.74 Å². The number of benzene rings is 2. The Balaban J connectivity index is 2.57. The van der Waals surface area contributed by atoms with Gasteiger partial charge in [0.25, 0.3) is 5.56 Å². The number of hydrogen-bond acceptors (Lipinski definition) is 2. The van der Waals surface area contributed by atoms with Crippen LogP contribution in [0.3, 0.4) is 0 Å². The van der Waals surface area contributed by atoms with Crippen molar-refractivity contribution in [2.75, 3.05) is 7.11 Å². The van der Waals surface area contributed by atoms with Gasteiger partial charge in [-0.25, -0.2) is 0 Å². The highest BCUT2D eigenvalue weighted by molar-refractivity contribution is 6.31. The summed E-state index contributed by atoms with van der Waals surface area (Å²) in [4.78, 5) is 16.0. The average molecular weight is 370 g/mol. The molecule has 0 fully saturated rings. The third-order valence-electron chi connectivity index (χ3n) is 5.16. The lowest BCUT2D eigenvalue weighted by Gasteiger charge is -2.19. The number of aryl methyl sites for hydroxylation is 2. The summed E-state index contributed by atoms with van der Waals surface area (Å²) < 4.78 is 5.60. The topological polar surface area (TPSA) is 42.1 Å². The number of aromatic nitrogens is 1. The third-order valence-corrected chi connectivity index (χ3v) is 5.40. The van der Waals surface area contributed by atoms with E-state index < -0.39 is 0 Å². The van der Waals surface area contributed by atoms with Crippen molar-refractivity contribution in [1.82, 2.24) is 4.98 Å². The van der Waals surface area contributed by atoms with E-state index in [1.54, 1.807) is 13.2 Å². The van der Waals surface area contributed by atoms with Crippen LogP contribution in [0.4, 0.5) is 0 Å². The number of pyridine rings is 1. The Labute approximate surface area is 159 Å². The summed E-state index contributed by atoms with van der Waals surface area (Å²) in [6.07, 6.45) is 1.58. The lowest BCUT2D eigenvalue weighted by molar-refractivity contribution is 0.416. The number of rotatable bonds is 4. The highest BCUT2D eigenvalue weighted by Gasteiger charge is 2.20. The van der Waals surface area contributed by atoms with Crippen molar-refractivity contribution in [3.05, 3.63) is 61.9 Å². The number of methoxy groups -OCH3 is 1. The van der Waals surface area contributed by atoms with Crippen molar-refractivity contribution in [2.45, 2.75) is 40.5 Å². The molecular formula is C22H24ClNO2. The number of hydrogen-bond donors (Lipinski definition) is 1. The van der Waals surface area contributed by atoms with Gasteiger partial charge in [-0.2, -0.15) is 0 Å². The Morgan fingerprint density at radius 1 is 1.12 bits per heavy atom. The number of ether oxygens (including phenoxy) is 1. The number of fused-ring (bicyclic) bond motifs is 1. The molecule has 0 aliphatic rings. The van der Waals surface area contributed by atoms with E-state index in [1.807, 2.05) is 12.1 Å². The summed E-state index contributed by atoms with van der Waals surface area (Å²) in [6.45, 7) is 8.38. The molecule has 1 aromatic heterocycles. The summed E-state index contributed by atoms with van der Waals surface area (Å²) >= 11 is 6.30. The second-order valence-electron chi connectivity index (χ2n) is 6.77. The molecule has 0 spiro atoms. The summed E-state index contributed by atoms with van der Waals surface area (Å²) in [5.41, 5.74) is 6.97. The SMILES string of the molecule is CCCc1c(-c2cc(Cl)ccc2OC)c2c(C)c(C)c(C)cc2[nH]c1=O. The predicted molar refractivity (Wildman–Crippen MR) is 110 cm³/mol. The maximum absolute atomic E-state index is 12.9. The molecular weight excluding hydrogens is 346 g/mol. The van der Waals surface area contributed by atoms with Gasteiger partial charge < -0.3 is 9.72 Å². The van der Waals surface area contributed by atoms with E-state index in [0.29, 0.717) is 11.4 Å². The minimum Gasteiger partial charge on any atom is -0.496 e. The van der Waals surface area contributed by atoms with Crippen molar-refractivity contribution in [3.8, 4) is 16.9 Å². The average Bonchev–Trinajstić information content (AvgIpc) is 2.61. The summed E-state index contributed by atoms with van der Waals surface area (Å²) in [6, 6.07) is 7.61. The minimum atomic E-state index is -0.0426. The van der Waals surface area contributed by atoms with Crippen molar-refractivity contribution in [3.63, 3.8) is 0 Å². The molecule has 3 nitrogen and oxygen atoms in total. The van der Waals surface area contributed by atoms with E-state index in [-0.39, 0.29) is 5.56 Å². The lowest BCUT2D eigenvalue weighted by atomic mass is 9.89. The maximum Gasteiger partial charge on any atom is 0.252 e. The van der Waals surface area contributed by atoms with Crippen LogP contribution in [-0.2, 0) is 6.42 Å². The van der Waals surface area contributed by atoms with Gasteiger partial charge in [0.1, 0.15) is 5.75 Å². The molecule has 0 saturated heterocycles. The zero-order valence-corrected chi connectivity index (χ0v) is 16.7. The Hall–Kier alpha value is -2.26. The van der Waals surface area contributed by atoms with E-state index in [0.717, 1.165) is 45.3 Å². The number of nitrogens with one attached hydrogen (secondary N) is 1. The molecule has 26 heavy (non-hydrogen) atoms. The molecule has 4 heteroatoms. The Morgan fingerprint density at radius 3 is 2.50 bits per heavy atom. The maximum atomic E-state index is 12.9. The first-order chi connectivity index (χ1) is 12.4. The normalized spacial score (nSPS) is 11.2. The van der Waals surface area contributed by atoms with Crippen LogP contribution in [0.1, 0.15) is 35.6 Å². The zero-order chi connectivity index (χ0) is 19.0. The summed E-state index contributed by atoms with van der Waals surface area (Å²) in [5.74, 6) is 0.719. The first-order valence-corrected chi connectivity index (χ1v) is 9.26. The van der Waals surface area contributed by atoms with Gasteiger partial charge in [0.2, 0.25) is 0 Å². The van der Waals surface area contributed by atoms with Gasteiger partial charge in [-0.3, -0.25) is 4.79 Å². The van der Waals surface area contributed by atoms with Crippen molar-refractivity contribution in [2.24, 2.45) is 0 Å². The molecule has 1 N–H and O–H groups in total. The van der Waals surface area contributed by atoms with Crippen LogP contribution in [-0.4, -0.2) is 12.1 Å². The van der Waals surface area contributed by atoms with Gasteiger partial charge in [0.15, 0.2) is 0 Å². The van der Waals surface area contributed by atoms with Crippen molar-refractivity contribution in [1.29, 1.82) is 0 Å². The molecule has 0 amide bonds. The number of aromatic amines is 1. The van der Waals surface area contributed by atoms with Gasteiger partial charge in [0, 0.05) is 32.6 Å². The Kier molecular flexibility index (Phi) is 5.10. The molecule has 2 aromatic carbocycles. The van der Waals surface area contributed by atoms with Crippen LogP contribution >= 0.6 is 11.6 Å². The highest BCUT2D eigenvalue weighted by Crippen LogP contribution is 2.40. The summed E-state index contributed by atoms with van der Waals surface area (Å²) in [7, 11) is 1.64. The fourth-order valence-corrected chi connectivity index (χ4v) is 3.80. The van der Waals surface area contributed by atoms with Gasteiger partial charge in [-0.15, -0.1) is 0 Å². The van der Waals surface area contributed by atoms with Gasteiger partial charge in [0.05, 0.1) is 7.11 Å². The second kappa shape index (κ2) is 7.16. The first kappa shape index (κ1) is 18.5. The lowest BCUT2D eigenvalue weighted by Crippen LogP contribution is -2.15. The van der Waals surface area contributed by atoms with Crippen molar-refractivity contribution >= 4 is 22.5 Å². The van der Waals surface area contributed by atoms with Crippen LogP contribution < -0.4 is 10.3 Å². The van der Waals surface area contributed by atoms with E-state index in [1.165, 1.54) is 11.1 Å². The molecule has 0 atom stereocenters. The van der Waals surface area contributed by atoms with Crippen LogP contribution in [0.5, 0.6) is 5.75 Å². The predicted octanol–water partition coefficient (Wildman–Crippen LogP) is 5.73. The Morgan fingerprint density at radius 2 is 1.85 bits per heavy atom. The van der Waals surface area contributed by atoms with Gasteiger partial charge >= 0.3 is 0 Å². The zero-order valence-electron chi connectivity index (χ0n) is 15.9. The van der Waals surface area contributed by atoms with E-state index in [2.05, 4.69) is 38.7 Å². The second-order valence-corrected chi connectivity index (χ2v) is 7.20. The number of H-pyrrole nitrogens is 1. The molecule has 0 bridgehead atoms. The summed E-state index contributed by atoms with van der Waals surface area (Å²) in [5, 5.41) is 1.69. The smallest absolute Gasteiger partial charge is 0.252 e. The molecule has 136 valence electrons. The molecule has 0 saturated carbocycles. The van der Waals surface area contributed by atoms with E-state index in [4.69, 9.17) is 16.3 Å². The van der Waals surface area contributed by atoms with Crippen LogP contribution in [0.25, 0.3) is 22.0 Å². The van der Waals surface area contributed by atoms with Crippen LogP contribution in [0, 0.1) is 20.8 Å². The van der Waals surface area contributed by atoms with E-state index in [9.17, 15) is 4.79 Å². The van der Waals surface area contributed by atoms with Crippen LogP contribution in [0.2, 0.25) is 5.02 Å². The molecule has 0 radical (unpaired) electrons. The first-order valence-electron chi connectivity index (χ1n) is 8.88. The molecule has 0 aliphatic carbocycles. The largest absolute Gasteiger partial charge is 0.496 e. The fraction of sp³-hybridized carbons (Fsp3) is 0.318. The minimum absolute atomic E-state index is 0.0426. The molecule has 3 rings (SSSR count). The molecule has 0 unspecified atom stereocenters. The van der Waals surface area contributed by atoms with Gasteiger partial charge in [-0.05, 0) is 68.1 Å². The monoisotopic (exact) mass is 369 g/mol. The quantitative estimate of drug-likeness (QED) is 0.637. The molecule has 1 heterocycles. The number of halogens is 1. The van der Waals surface area contributed by atoms with Gasteiger partial charge in [-0.1, -0.05) is 24.9 Å². The Bertz CT molecular complexity index is 1050. The highest BCUT2D eigenvalue weighted by atomic mass is 35.5.